The summed E-state index contributed by atoms with van der Waals surface area (Å²) in [4.78, 5) is 20.2. The molecule has 0 unspecified atom stereocenters. The first-order valence-electron chi connectivity index (χ1n) is 10.1. The Morgan fingerprint density at radius 2 is 1.09 bits per heavy atom. The van der Waals surface area contributed by atoms with Crippen LogP contribution in [0.25, 0.3) is 0 Å². The number of hydrogen-bond donors (Lipinski definition) is 2. The summed E-state index contributed by atoms with van der Waals surface area (Å²) in [5.41, 5.74) is -1.11. The lowest BCUT2D eigenvalue weighted by atomic mass is 10.3. The average Bonchev–Trinajstić information content (AvgIpc) is 2.65. The zero-order chi connectivity index (χ0) is 24.0. The molecule has 0 saturated carbocycles. The highest BCUT2D eigenvalue weighted by Crippen LogP contribution is 2.23. The van der Waals surface area contributed by atoms with Gasteiger partial charge in [0.2, 0.25) is 21.7 Å². The van der Waals surface area contributed by atoms with Gasteiger partial charge in [-0.1, -0.05) is 0 Å². The maximum Gasteiger partial charge on any atom is 0.221 e. The highest BCUT2D eigenvalue weighted by atomic mass is 32.2. The predicted octanol–water partition coefficient (Wildman–Crippen LogP) is 2.44. The molecule has 0 atom stereocenters. The first-order valence-corrected chi connectivity index (χ1v) is 7.63. The lowest BCUT2D eigenvalue weighted by Gasteiger charge is -2.08. The Balaban J connectivity index is 2.92. The summed E-state index contributed by atoms with van der Waals surface area (Å²) in [5, 5.41) is 4.17. The number of benzene rings is 2. The SMILES string of the molecule is [2H]c1c([2H])c(S(=O)(=O)c2c([2H])c([2H])c(NC(C)=O)c([2H])c2[2H])c([2H])c([2H])c1NC(C)=O. The summed E-state index contributed by atoms with van der Waals surface area (Å²) < 4.78 is 90.2. The molecule has 0 aromatic heterocycles. The zero-order valence-corrected chi connectivity index (χ0v) is 12.9. The van der Waals surface area contributed by atoms with Crippen LogP contribution in [-0.4, -0.2) is 20.2 Å². The van der Waals surface area contributed by atoms with Gasteiger partial charge in [-0.2, -0.15) is 0 Å². The third-order valence-electron chi connectivity index (χ3n) is 2.34. The molecule has 0 saturated heterocycles. The molecule has 0 spiro atoms. The van der Waals surface area contributed by atoms with Crippen molar-refractivity contribution in [3.63, 3.8) is 0 Å². The Labute approximate surface area is 145 Å². The number of anilines is 2. The van der Waals surface area contributed by atoms with Crippen molar-refractivity contribution in [2.45, 2.75) is 23.6 Å². The molecule has 2 aromatic rings. The summed E-state index contributed by atoms with van der Waals surface area (Å²) in [5.74, 6) is -1.44. The van der Waals surface area contributed by atoms with Crippen LogP contribution in [-0.2, 0) is 19.4 Å². The molecule has 2 aromatic carbocycles. The van der Waals surface area contributed by atoms with E-state index in [1.807, 2.05) is 0 Å². The molecular weight excluding hydrogens is 316 g/mol. The van der Waals surface area contributed by atoms with Crippen LogP contribution in [0.15, 0.2) is 58.1 Å². The van der Waals surface area contributed by atoms with E-state index in [0.29, 0.717) is 0 Å². The molecule has 0 aliphatic heterocycles. The molecule has 120 valence electrons. The minimum absolute atomic E-state index is 0.554. The summed E-state index contributed by atoms with van der Waals surface area (Å²) in [6.45, 7) is 2.11. The van der Waals surface area contributed by atoms with E-state index in [4.69, 9.17) is 11.0 Å². The largest absolute Gasteiger partial charge is 0.326 e. The fourth-order valence-corrected chi connectivity index (χ4v) is 2.40. The summed E-state index contributed by atoms with van der Waals surface area (Å²) in [7, 11) is -5.10. The minimum atomic E-state index is -5.10. The molecule has 0 aliphatic carbocycles. The molecule has 0 aliphatic rings. The Hall–Kier alpha value is -2.67. The van der Waals surface area contributed by atoms with E-state index in [2.05, 4.69) is 10.6 Å². The fraction of sp³-hybridized carbons (Fsp3) is 0.125. The zero-order valence-electron chi connectivity index (χ0n) is 20.0. The lowest BCUT2D eigenvalue weighted by molar-refractivity contribution is -0.115. The monoisotopic (exact) mass is 340 g/mol. The van der Waals surface area contributed by atoms with Crippen molar-refractivity contribution in [2.75, 3.05) is 10.6 Å². The van der Waals surface area contributed by atoms with Gasteiger partial charge in [-0.05, 0) is 48.3 Å². The van der Waals surface area contributed by atoms with Crippen LogP contribution in [0, 0.1) is 0 Å². The maximum atomic E-state index is 13.2. The van der Waals surface area contributed by atoms with Crippen LogP contribution >= 0.6 is 0 Å². The molecule has 2 rings (SSSR count). The van der Waals surface area contributed by atoms with Crippen molar-refractivity contribution in [1.29, 1.82) is 0 Å². The molecule has 6 nitrogen and oxygen atoms in total. The molecule has 0 bridgehead atoms. The molecular formula is C16H16N2O4S. The first-order chi connectivity index (χ1) is 14.1. The van der Waals surface area contributed by atoms with Crippen LogP contribution in [0.4, 0.5) is 11.4 Å². The van der Waals surface area contributed by atoms with Crippen LogP contribution < -0.4 is 10.6 Å². The smallest absolute Gasteiger partial charge is 0.221 e. The number of amides is 2. The Morgan fingerprint density at radius 3 is 1.35 bits per heavy atom. The molecule has 0 fully saturated rings. The van der Waals surface area contributed by atoms with E-state index in [1.54, 1.807) is 0 Å². The second kappa shape index (κ2) is 6.62. The van der Waals surface area contributed by atoms with Gasteiger partial charge in [0.25, 0.3) is 0 Å². The first kappa shape index (κ1) is 8.83. The molecule has 0 heterocycles. The van der Waals surface area contributed by atoms with Crippen molar-refractivity contribution in [2.24, 2.45) is 0 Å². The van der Waals surface area contributed by atoms with Crippen LogP contribution in [0.1, 0.15) is 24.8 Å². The second-order valence-corrected chi connectivity index (χ2v) is 6.10. The van der Waals surface area contributed by atoms with Crippen molar-refractivity contribution >= 4 is 33.0 Å². The third kappa shape index (κ3) is 4.17. The average molecular weight is 340 g/mol. The highest BCUT2D eigenvalue weighted by Gasteiger charge is 2.17. The van der Waals surface area contributed by atoms with Gasteiger partial charge in [-0.15, -0.1) is 0 Å². The number of carbonyl (C=O) groups is 2. The highest BCUT2D eigenvalue weighted by molar-refractivity contribution is 7.91. The standard InChI is InChI=1S/C16H16N2O4S/c1-11(19)17-13-3-7-15(8-4-13)23(21,22)16-9-5-14(6-10-16)18-12(2)20/h3-10H,1-2H3,(H,17,19)(H,18,20)/i3D,4D,5D,6D,7D,8D,9D,10D. The Morgan fingerprint density at radius 1 is 0.783 bits per heavy atom. The third-order valence-corrected chi connectivity index (χ3v) is 3.83. The quantitative estimate of drug-likeness (QED) is 0.894. The summed E-state index contributed by atoms with van der Waals surface area (Å²) >= 11 is 0. The Kier molecular flexibility index (Phi) is 2.54. The maximum absolute atomic E-state index is 13.2. The molecule has 2 N–H and O–H groups in total. The summed E-state index contributed by atoms with van der Waals surface area (Å²) in [6, 6.07) is -7.75. The van der Waals surface area contributed by atoms with E-state index in [0.717, 1.165) is 13.8 Å². The molecule has 2 amide bonds. The van der Waals surface area contributed by atoms with Gasteiger partial charge in [-0.25, -0.2) is 8.42 Å². The van der Waals surface area contributed by atoms with Crippen molar-refractivity contribution in [3.8, 4) is 0 Å². The van der Waals surface area contributed by atoms with Gasteiger partial charge in [0.1, 0.15) is 0 Å². The van der Waals surface area contributed by atoms with Gasteiger partial charge in [-0.3, -0.25) is 9.59 Å². The number of nitrogens with one attached hydrogen (secondary N) is 2. The number of rotatable bonds is 4. The van der Waals surface area contributed by atoms with Crippen LogP contribution in [0.2, 0.25) is 0 Å². The van der Waals surface area contributed by atoms with Gasteiger partial charge >= 0.3 is 0 Å². The summed E-state index contributed by atoms with van der Waals surface area (Å²) in [6.07, 6.45) is 0. The van der Waals surface area contributed by atoms with Gasteiger partial charge < -0.3 is 10.6 Å². The molecule has 7 heteroatoms. The van der Waals surface area contributed by atoms with Crippen molar-refractivity contribution in [3.05, 3.63) is 48.3 Å². The predicted molar refractivity (Wildman–Crippen MR) is 86.9 cm³/mol. The number of carbonyl (C=O) groups excluding carboxylic acids is 2. The van der Waals surface area contributed by atoms with Crippen molar-refractivity contribution in [1.82, 2.24) is 0 Å². The topological polar surface area (TPSA) is 92.3 Å². The number of sulfone groups is 1. The molecule has 0 radical (unpaired) electrons. The molecule has 23 heavy (non-hydrogen) atoms. The van der Waals surface area contributed by atoms with Gasteiger partial charge in [0, 0.05) is 25.2 Å². The normalized spacial score (nSPS) is 15.7. The van der Waals surface area contributed by atoms with E-state index in [9.17, 15) is 18.0 Å². The van der Waals surface area contributed by atoms with Crippen molar-refractivity contribution < 1.29 is 29.0 Å². The van der Waals surface area contributed by atoms with Gasteiger partial charge in [0.15, 0.2) is 0 Å². The Bertz CT molecular complexity index is 1100. The van der Waals surface area contributed by atoms with E-state index >= 15 is 0 Å². The fourth-order valence-electron chi connectivity index (χ4n) is 1.45. The van der Waals surface area contributed by atoms with E-state index < -0.39 is 91.2 Å². The van der Waals surface area contributed by atoms with E-state index in [1.165, 1.54) is 0 Å². The van der Waals surface area contributed by atoms with Gasteiger partial charge in [0.05, 0.1) is 20.8 Å². The number of hydrogen-bond acceptors (Lipinski definition) is 4. The minimum Gasteiger partial charge on any atom is -0.326 e. The van der Waals surface area contributed by atoms with Crippen LogP contribution in [0.5, 0.6) is 0 Å². The van der Waals surface area contributed by atoms with Crippen LogP contribution in [0.3, 0.4) is 0 Å². The second-order valence-electron chi connectivity index (χ2n) is 4.27. The van der Waals surface area contributed by atoms with E-state index in [-0.39, 0.29) is 0 Å². The lowest BCUT2D eigenvalue weighted by Crippen LogP contribution is -2.07.